The fourth-order valence-electron chi connectivity index (χ4n) is 1.97. The van der Waals surface area contributed by atoms with Crippen molar-refractivity contribution in [2.45, 2.75) is 17.9 Å². The van der Waals surface area contributed by atoms with Crippen molar-refractivity contribution in [1.82, 2.24) is 9.62 Å². The van der Waals surface area contributed by atoms with Gasteiger partial charge in [0.25, 0.3) is 5.69 Å². The molecule has 0 spiro atoms. The molecule has 2 N–H and O–H groups in total. The minimum absolute atomic E-state index is 0.0128. The van der Waals surface area contributed by atoms with Gasteiger partial charge in [-0.15, -0.1) is 0 Å². The maximum absolute atomic E-state index is 12.3. The summed E-state index contributed by atoms with van der Waals surface area (Å²) >= 11 is 0. The maximum atomic E-state index is 12.3. The number of hydrogen-bond acceptors (Lipinski definition) is 6. The lowest BCUT2D eigenvalue weighted by Gasteiger charge is -2.19. The van der Waals surface area contributed by atoms with E-state index in [2.05, 4.69) is 10.0 Å². The van der Waals surface area contributed by atoms with Crippen LogP contribution in [0.3, 0.4) is 0 Å². The van der Waals surface area contributed by atoms with E-state index >= 15 is 0 Å². The normalized spacial score (nSPS) is 13.2. The van der Waals surface area contributed by atoms with Crippen LogP contribution in [0.2, 0.25) is 0 Å². The van der Waals surface area contributed by atoms with Gasteiger partial charge in [0.15, 0.2) is 0 Å². The van der Waals surface area contributed by atoms with E-state index in [4.69, 9.17) is 0 Å². The van der Waals surface area contributed by atoms with Gasteiger partial charge in [0.2, 0.25) is 10.0 Å². The third-order valence-electron chi connectivity index (χ3n) is 2.73. The smallest absolute Gasteiger partial charge is 0.271 e. The van der Waals surface area contributed by atoms with Crippen molar-refractivity contribution in [2.75, 3.05) is 33.0 Å². The zero-order valence-electron chi connectivity index (χ0n) is 12.5. The van der Waals surface area contributed by atoms with Gasteiger partial charge in [0.05, 0.1) is 10.6 Å². The van der Waals surface area contributed by atoms with E-state index < -0.39 is 14.9 Å². The van der Waals surface area contributed by atoms with Crippen LogP contribution in [0.5, 0.6) is 0 Å². The molecule has 8 nitrogen and oxygen atoms in total. The summed E-state index contributed by atoms with van der Waals surface area (Å²) in [7, 11) is 1.45. The summed E-state index contributed by atoms with van der Waals surface area (Å²) in [5.41, 5.74) is 0.0217. The molecule has 0 aliphatic carbocycles. The lowest BCUT2D eigenvalue weighted by molar-refractivity contribution is -0.384. The van der Waals surface area contributed by atoms with Crippen LogP contribution in [0, 0.1) is 10.1 Å². The Morgan fingerprint density at radius 2 is 2.00 bits per heavy atom. The standard InChI is InChI=1S/C12H20N4O4S/c1-9(8-15(3)4)14-21(19,20)12-6-5-10(16(17)18)7-11(12)13-2/h5-7,9,13-14H,8H2,1-4H3. The minimum Gasteiger partial charge on any atom is -0.387 e. The number of rotatable bonds is 7. The average molecular weight is 316 g/mol. The Balaban J connectivity index is 3.10. The second kappa shape index (κ2) is 6.83. The molecule has 1 aromatic rings. The highest BCUT2D eigenvalue weighted by molar-refractivity contribution is 7.89. The predicted molar refractivity (Wildman–Crippen MR) is 81.0 cm³/mol. The van der Waals surface area contributed by atoms with Gasteiger partial charge in [-0.3, -0.25) is 10.1 Å². The van der Waals surface area contributed by atoms with E-state index in [1.165, 1.54) is 25.2 Å². The summed E-state index contributed by atoms with van der Waals surface area (Å²) in [5, 5.41) is 13.4. The van der Waals surface area contributed by atoms with Crippen LogP contribution in [-0.4, -0.2) is 52.0 Å². The minimum atomic E-state index is -3.75. The van der Waals surface area contributed by atoms with Crippen molar-refractivity contribution in [1.29, 1.82) is 0 Å². The van der Waals surface area contributed by atoms with Crippen LogP contribution in [0.15, 0.2) is 23.1 Å². The largest absolute Gasteiger partial charge is 0.387 e. The predicted octanol–water partition coefficient (Wildman–Crippen LogP) is 0.865. The zero-order chi connectivity index (χ0) is 16.2. The van der Waals surface area contributed by atoms with E-state index in [-0.39, 0.29) is 22.3 Å². The van der Waals surface area contributed by atoms with E-state index in [9.17, 15) is 18.5 Å². The maximum Gasteiger partial charge on any atom is 0.271 e. The molecule has 0 amide bonds. The number of anilines is 1. The molecule has 0 fully saturated rings. The molecule has 1 unspecified atom stereocenters. The van der Waals surface area contributed by atoms with Gasteiger partial charge in [0.1, 0.15) is 4.90 Å². The first-order valence-corrected chi connectivity index (χ1v) is 7.79. The molecule has 21 heavy (non-hydrogen) atoms. The summed E-state index contributed by atoms with van der Waals surface area (Å²) in [6.45, 7) is 2.29. The molecule has 9 heteroatoms. The highest BCUT2D eigenvalue weighted by Crippen LogP contribution is 2.26. The first kappa shape index (κ1) is 17.3. The SMILES string of the molecule is CNc1cc([N+](=O)[O-])ccc1S(=O)(=O)NC(C)CN(C)C. The number of non-ortho nitro benzene ring substituents is 1. The molecular formula is C12H20N4O4S. The molecular weight excluding hydrogens is 296 g/mol. The van der Waals surface area contributed by atoms with Crippen LogP contribution < -0.4 is 10.0 Å². The molecule has 0 bridgehead atoms. The van der Waals surface area contributed by atoms with Crippen molar-refractivity contribution in [3.8, 4) is 0 Å². The summed E-state index contributed by atoms with van der Waals surface area (Å²) < 4.78 is 27.2. The van der Waals surface area contributed by atoms with Crippen LogP contribution in [0.4, 0.5) is 11.4 Å². The Morgan fingerprint density at radius 1 is 1.38 bits per heavy atom. The van der Waals surface area contributed by atoms with Gasteiger partial charge in [-0.05, 0) is 27.1 Å². The summed E-state index contributed by atoms with van der Waals surface area (Å²) in [5.74, 6) is 0. The number of nitrogens with zero attached hydrogens (tertiary/aromatic N) is 2. The Bertz CT molecular complexity index is 616. The van der Waals surface area contributed by atoms with Gasteiger partial charge in [0, 0.05) is 31.8 Å². The third-order valence-corrected chi connectivity index (χ3v) is 4.38. The van der Waals surface area contributed by atoms with E-state index in [1.54, 1.807) is 6.92 Å². The van der Waals surface area contributed by atoms with Crippen LogP contribution in [-0.2, 0) is 10.0 Å². The van der Waals surface area contributed by atoms with E-state index in [0.717, 1.165) is 0 Å². The Morgan fingerprint density at radius 3 is 2.48 bits per heavy atom. The highest BCUT2D eigenvalue weighted by atomic mass is 32.2. The molecule has 0 aromatic heterocycles. The van der Waals surface area contributed by atoms with Crippen molar-refractivity contribution >= 4 is 21.4 Å². The van der Waals surface area contributed by atoms with Crippen LogP contribution >= 0.6 is 0 Å². The lowest BCUT2D eigenvalue weighted by Crippen LogP contribution is -2.39. The average Bonchev–Trinajstić information content (AvgIpc) is 2.35. The Kier molecular flexibility index (Phi) is 5.64. The number of sulfonamides is 1. The summed E-state index contributed by atoms with van der Waals surface area (Å²) in [4.78, 5) is 12.0. The summed E-state index contributed by atoms with van der Waals surface area (Å²) in [6.07, 6.45) is 0. The number of benzene rings is 1. The van der Waals surface area contributed by atoms with Crippen molar-refractivity contribution in [2.24, 2.45) is 0 Å². The van der Waals surface area contributed by atoms with Gasteiger partial charge in [-0.1, -0.05) is 0 Å². The quantitative estimate of drug-likeness (QED) is 0.571. The molecule has 1 aromatic carbocycles. The number of likely N-dealkylation sites (N-methyl/N-ethyl adjacent to an activating group) is 1. The van der Waals surface area contributed by atoms with E-state index in [0.29, 0.717) is 6.54 Å². The van der Waals surface area contributed by atoms with Crippen molar-refractivity contribution in [3.63, 3.8) is 0 Å². The molecule has 0 aliphatic rings. The molecule has 0 aliphatic heterocycles. The second-order valence-corrected chi connectivity index (χ2v) is 6.65. The third kappa shape index (κ3) is 4.66. The molecule has 1 atom stereocenters. The van der Waals surface area contributed by atoms with Gasteiger partial charge < -0.3 is 10.2 Å². The summed E-state index contributed by atoms with van der Waals surface area (Å²) in [6, 6.07) is 3.32. The van der Waals surface area contributed by atoms with Gasteiger partial charge in [-0.25, -0.2) is 13.1 Å². The Hall–Kier alpha value is -1.71. The Labute approximate surface area is 124 Å². The van der Waals surface area contributed by atoms with Crippen molar-refractivity contribution < 1.29 is 13.3 Å². The highest BCUT2D eigenvalue weighted by Gasteiger charge is 2.22. The fourth-order valence-corrected chi connectivity index (χ4v) is 3.40. The zero-order valence-corrected chi connectivity index (χ0v) is 13.3. The molecule has 1 rings (SSSR count). The van der Waals surface area contributed by atoms with Crippen LogP contribution in [0.25, 0.3) is 0 Å². The second-order valence-electron chi connectivity index (χ2n) is 4.97. The molecule has 0 radical (unpaired) electrons. The number of hydrogen-bond donors (Lipinski definition) is 2. The molecule has 0 saturated carbocycles. The van der Waals surface area contributed by atoms with Crippen molar-refractivity contribution in [3.05, 3.63) is 28.3 Å². The monoisotopic (exact) mass is 316 g/mol. The molecule has 0 saturated heterocycles. The first-order chi connectivity index (χ1) is 9.67. The van der Waals surface area contributed by atoms with Gasteiger partial charge >= 0.3 is 0 Å². The number of nitro groups is 1. The lowest BCUT2D eigenvalue weighted by atomic mass is 10.3. The fraction of sp³-hybridized carbons (Fsp3) is 0.500. The topological polar surface area (TPSA) is 105 Å². The number of nitro benzene ring substituents is 1. The van der Waals surface area contributed by atoms with Gasteiger partial charge in [-0.2, -0.15) is 0 Å². The van der Waals surface area contributed by atoms with Crippen LogP contribution in [0.1, 0.15) is 6.92 Å². The molecule has 118 valence electrons. The van der Waals surface area contributed by atoms with E-state index in [1.807, 2.05) is 19.0 Å². The number of nitrogens with one attached hydrogen (secondary N) is 2. The molecule has 0 heterocycles. The first-order valence-electron chi connectivity index (χ1n) is 6.30.